The second-order valence-electron chi connectivity index (χ2n) is 5.90. The number of anilines is 1. The third kappa shape index (κ3) is 1.44. The quantitative estimate of drug-likeness (QED) is 0.854. The zero-order valence-corrected chi connectivity index (χ0v) is 10.8. The summed E-state index contributed by atoms with van der Waals surface area (Å²) < 4.78 is 5.30. The highest BCUT2D eigenvalue weighted by atomic mass is 16.5. The average molecular weight is 259 g/mol. The maximum atomic E-state index is 12.0. The molecule has 4 rings (SSSR count). The molecule has 4 nitrogen and oxygen atoms in total. The SMILES string of the molecule is O=C1Cc2cc(C3(CO)COC3)cc3c2N1CCC3. The van der Waals surface area contributed by atoms with Crippen LogP contribution in [-0.4, -0.2) is 37.4 Å². The first kappa shape index (κ1) is 11.4. The minimum absolute atomic E-state index is 0.114. The van der Waals surface area contributed by atoms with Crippen LogP contribution in [0.5, 0.6) is 0 Å². The first-order valence-electron chi connectivity index (χ1n) is 6.89. The molecule has 1 aromatic carbocycles. The van der Waals surface area contributed by atoms with E-state index in [0.29, 0.717) is 19.6 Å². The molecule has 4 heteroatoms. The number of rotatable bonds is 2. The lowest BCUT2D eigenvalue weighted by Gasteiger charge is -2.41. The molecule has 3 aliphatic rings. The van der Waals surface area contributed by atoms with Crippen LogP contribution in [0.1, 0.15) is 23.1 Å². The van der Waals surface area contributed by atoms with Gasteiger partial charge in [-0.15, -0.1) is 0 Å². The Balaban J connectivity index is 1.85. The van der Waals surface area contributed by atoms with Gasteiger partial charge in [0.1, 0.15) is 0 Å². The Morgan fingerprint density at radius 2 is 2.11 bits per heavy atom. The summed E-state index contributed by atoms with van der Waals surface area (Å²) in [6.45, 7) is 2.13. The third-order valence-electron chi connectivity index (χ3n) is 4.68. The lowest BCUT2D eigenvalue weighted by Crippen LogP contribution is -2.49. The molecule has 0 unspecified atom stereocenters. The highest BCUT2D eigenvalue weighted by Gasteiger charge is 2.42. The zero-order chi connectivity index (χ0) is 13.0. The molecule has 1 N–H and O–H groups in total. The summed E-state index contributed by atoms with van der Waals surface area (Å²) in [5.41, 5.74) is 4.46. The summed E-state index contributed by atoms with van der Waals surface area (Å²) in [5.74, 6) is 0.219. The van der Waals surface area contributed by atoms with Crippen LogP contribution in [0.25, 0.3) is 0 Å². The van der Waals surface area contributed by atoms with Crippen molar-refractivity contribution < 1.29 is 14.6 Å². The summed E-state index contributed by atoms with van der Waals surface area (Å²) in [5, 5.41) is 9.66. The van der Waals surface area contributed by atoms with Gasteiger partial charge in [0.05, 0.1) is 37.3 Å². The maximum absolute atomic E-state index is 12.0. The van der Waals surface area contributed by atoms with Crippen molar-refractivity contribution in [2.45, 2.75) is 24.7 Å². The highest BCUT2D eigenvalue weighted by molar-refractivity contribution is 6.02. The summed E-state index contributed by atoms with van der Waals surface area (Å²) in [6, 6.07) is 4.29. The predicted molar refractivity (Wildman–Crippen MR) is 70.4 cm³/mol. The predicted octanol–water partition coefficient (Wildman–Crippen LogP) is 0.782. The topological polar surface area (TPSA) is 49.8 Å². The van der Waals surface area contributed by atoms with Crippen LogP contribution in [-0.2, 0) is 27.8 Å². The van der Waals surface area contributed by atoms with Gasteiger partial charge < -0.3 is 14.7 Å². The van der Waals surface area contributed by atoms with Crippen molar-refractivity contribution in [2.24, 2.45) is 0 Å². The fourth-order valence-electron chi connectivity index (χ4n) is 3.48. The Hall–Kier alpha value is -1.39. The molecule has 3 heterocycles. The normalized spacial score (nSPS) is 23.2. The van der Waals surface area contributed by atoms with Crippen molar-refractivity contribution in [1.29, 1.82) is 0 Å². The monoisotopic (exact) mass is 259 g/mol. The summed E-state index contributed by atoms with van der Waals surface area (Å²) in [7, 11) is 0. The van der Waals surface area contributed by atoms with Gasteiger partial charge in [-0.2, -0.15) is 0 Å². The zero-order valence-electron chi connectivity index (χ0n) is 10.8. The van der Waals surface area contributed by atoms with E-state index < -0.39 is 0 Å². The van der Waals surface area contributed by atoms with Gasteiger partial charge >= 0.3 is 0 Å². The van der Waals surface area contributed by atoms with E-state index in [1.807, 2.05) is 4.90 Å². The molecule has 19 heavy (non-hydrogen) atoms. The number of aryl methyl sites for hydroxylation is 1. The number of hydrogen-bond donors (Lipinski definition) is 1. The highest BCUT2D eigenvalue weighted by Crippen LogP contribution is 2.41. The Kier molecular flexibility index (Phi) is 2.29. The Morgan fingerprint density at radius 3 is 2.79 bits per heavy atom. The molecular weight excluding hydrogens is 242 g/mol. The molecule has 0 aromatic heterocycles. The Morgan fingerprint density at radius 1 is 1.32 bits per heavy atom. The lowest BCUT2D eigenvalue weighted by molar-refractivity contribution is -0.117. The fraction of sp³-hybridized carbons (Fsp3) is 0.533. The number of aliphatic hydroxyl groups excluding tert-OH is 1. The van der Waals surface area contributed by atoms with Crippen LogP contribution >= 0.6 is 0 Å². The second-order valence-corrected chi connectivity index (χ2v) is 5.90. The van der Waals surface area contributed by atoms with Crippen molar-refractivity contribution in [3.63, 3.8) is 0 Å². The molecule has 0 aliphatic carbocycles. The molecule has 100 valence electrons. The van der Waals surface area contributed by atoms with E-state index in [1.165, 1.54) is 5.56 Å². The molecule has 1 fully saturated rings. The van der Waals surface area contributed by atoms with E-state index >= 15 is 0 Å². The summed E-state index contributed by atoms with van der Waals surface area (Å²) >= 11 is 0. The van der Waals surface area contributed by atoms with Crippen molar-refractivity contribution in [1.82, 2.24) is 0 Å². The minimum Gasteiger partial charge on any atom is -0.395 e. The van der Waals surface area contributed by atoms with Crippen molar-refractivity contribution in [3.05, 3.63) is 28.8 Å². The van der Waals surface area contributed by atoms with Crippen molar-refractivity contribution >= 4 is 11.6 Å². The number of nitrogens with zero attached hydrogens (tertiary/aromatic N) is 1. The van der Waals surface area contributed by atoms with Gasteiger partial charge in [-0.3, -0.25) is 4.79 Å². The van der Waals surface area contributed by atoms with E-state index in [0.717, 1.165) is 36.2 Å². The summed E-state index contributed by atoms with van der Waals surface area (Å²) in [6.07, 6.45) is 2.57. The van der Waals surface area contributed by atoms with Gasteiger partial charge in [0.25, 0.3) is 0 Å². The number of ether oxygens (including phenoxy) is 1. The van der Waals surface area contributed by atoms with Crippen LogP contribution in [0, 0.1) is 0 Å². The van der Waals surface area contributed by atoms with Crippen LogP contribution in [0.4, 0.5) is 5.69 Å². The van der Waals surface area contributed by atoms with Crippen molar-refractivity contribution in [2.75, 3.05) is 31.3 Å². The lowest BCUT2D eigenvalue weighted by atomic mass is 9.77. The molecule has 0 saturated carbocycles. The molecule has 3 aliphatic heterocycles. The van der Waals surface area contributed by atoms with E-state index in [-0.39, 0.29) is 17.9 Å². The van der Waals surface area contributed by atoms with Gasteiger partial charge in [-0.05, 0) is 29.5 Å². The number of benzene rings is 1. The molecule has 0 radical (unpaired) electrons. The molecule has 1 aromatic rings. The number of amides is 1. The standard InChI is InChI=1S/C15H17NO3/c17-7-15(8-19-9-15)12-4-10-2-1-3-16-13(18)6-11(5-12)14(10)16/h4-5,17H,1-3,6-9H2. The van der Waals surface area contributed by atoms with E-state index in [9.17, 15) is 9.90 Å². The number of carbonyl (C=O) groups excluding carboxylic acids is 1. The Labute approximate surface area is 112 Å². The minimum atomic E-state index is -0.237. The largest absolute Gasteiger partial charge is 0.395 e. The van der Waals surface area contributed by atoms with Gasteiger partial charge in [-0.1, -0.05) is 12.1 Å². The molecular formula is C15H17NO3. The molecule has 0 spiro atoms. The third-order valence-corrected chi connectivity index (χ3v) is 4.68. The van der Waals surface area contributed by atoms with Gasteiger partial charge in [0.15, 0.2) is 0 Å². The van der Waals surface area contributed by atoms with E-state index in [4.69, 9.17) is 4.74 Å². The average Bonchev–Trinajstić information content (AvgIpc) is 2.68. The fourth-order valence-corrected chi connectivity index (χ4v) is 3.48. The summed E-state index contributed by atoms with van der Waals surface area (Å²) in [4.78, 5) is 13.9. The van der Waals surface area contributed by atoms with Gasteiger partial charge in [0.2, 0.25) is 5.91 Å². The molecule has 1 amide bonds. The molecule has 0 bridgehead atoms. The maximum Gasteiger partial charge on any atom is 0.231 e. The van der Waals surface area contributed by atoms with E-state index in [1.54, 1.807) is 0 Å². The van der Waals surface area contributed by atoms with Gasteiger partial charge in [-0.25, -0.2) is 0 Å². The van der Waals surface area contributed by atoms with Crippen molar-refractivity contribution in [3.8, 4) is 0 Å². The van der Waals surface area contributed by atoms with Crippen LogP contribution in [0.2, 0.25) is 0 Å². The number of aliphatic hydroxyl groups is 1. The smallest absolute Gasteiger partial charge is 0.231 e. The van der Waals surface area contributed by atoms with Gasteiger partial charge in [0, 0.05) is 6.54 Å². The molecule has 0 atom stereocenters. The second kappa shape index (κ2) is 3.81. The number of carbonyl (C=O) groups is 1. The Bertz CT molecular complexity index is 557. The first-order valence-corrected chi connectivity index (χ1v) is 6.89. The van der Waals surface area contributed by atoms with E-state index in [2.05, 4.69) is 12.1 Å². The van der Waals surface area contributed by atoms with Crippen LogP contribution in [0.3, 0.4) is 0 Å². The van der Waals surface area contributed by atoms with Crippen LogP contribution in [0.15, 0.2) is 12.1 Å². The molecule has 1 saturated heterocycles. The number of hydrogen-bond acceptors (Lipinski definition) is 3. The first-order chi connectivity index (χ1) is 9.23. The van der Waals surface area contributed by atoms with Crippen LogP contribution < -0.4 is 4.90 Å².